The molecule has 1 heterocycles. The topological polar surface area (TPSA) is 54.9 Å². The molecule has 1 N–H and O–H groups in total. The Bertz CT molecular complexity index is 822. The number of aryl methyl sites for hydroxylation is 2. The maximum Gasteiger partial charge on any atom is 0.251 e. The molecule has 1 amide bonds. The second-order valence-corrected chi connectivity index (χ2v) is 5.67. The fourth-order valence-electron chi connectivity index (χ4n) is 2.60. The smallest absolute Gasteiger partial charge is 0.251 e. The summed E-state index contributed by atoms with van der Waals surface area (Å²) in [6.07, 6.45) is 0. The van der Waals surface area contributed by atoms with Gasteiger partial charge in [-0.3, -0.25) is 4.79 Å². The minimum Gasteiger partial charge on any atom is -0.346 e. The number of carbonyl (C=O) groups is 1. The van der Waals surface area contributed by atoms with Crippen LogP contribution in [0.1, 0.15) is 27.6 Å². The van der Waals surface area contributed by atoms with Crippen LogP contribution in [0.15, 0.2) is 60.7 Å². The summed E-state index contributed by atoms with van der Waals surface area (Å²) in [5.41, 5.74) is 4.58. The molecule has 0 atom stereocenters. The van der Waals surface area contributed by atoms with Crippen LogP contribution >= 0.6 is 0 Å². The van der Waals surface area contributed by atoms with Crippen LogP contribution in [0.3, 0.4) is 0 Å². The molecule has 3 rings (SSSR count). The van der Waals surface area contributed by atoms with Crippen molar-refractivity contribution in [3.8, 4) is 11.1 Å². The molecule has 0 bridgehead atoms. The molecule has 3 aromatic rings. The van der Waals surface area contributed by atoms with Gasteiger partial charge >= 0.3 is 0 Å². The summed E-state index contributed by atoms with van der Waals surface area (Å²) in [7, 11) is 0. The Labute approximate surface area is 141 Å². The standard InChI is InChI=1S/C20H19N3O/c1-14-12-19(23-15(2)22-14)13-21-20(24)18-10-8-17(9-11-18)16-6-4-3-5-7-16/h3-12H,13H2,1-2H3,(H,21,24). The first-order valence-electron chi connectivity index (χ1n) is 7.87. The lowest BCUT2D eigenvalue weighted by Gasteiger charge is -2.07. The summed E-state index contributed by atoms with van der Waals surface area (Å²) >= 11 is 0. The first kappa shape index (κ1) is 15.9. The molecule has 24 heavy (non-hydrogen) atoms. The Kier molecular flexibility index (Phi) is 4.66. The van der Waals surface area contributed by atoms with E-state index in [1.807, 2.05) is 62.4 Å². The van der Waals surface area contributed by atoms with Crippen molar-refractivity contribution < 1.29 is 4.79 Å². The lowest BCUT2D eigenvalue weighted by atomic mass is 10.0. The quantitative estimate of drug-likeness (QED) is 0.798. The van der Waals surface area contributed by atoms with Gasteiger partial charge in [0.15, 0.2) is 0 Å². The van der Waals surface area contributed by atoms with Crippen LogP contribution in [0.5, 0.6) is 0 Å². The minimum atomic E-state index is -0.108. The van der Waals surface area contributed by atoms with Crippen molar-refractivity contribution >= 4 is 5.91 Å². The van der Waals surface area contributed by atoms with Gasteiger partial charge in [-0.25, -0.2) is 9.97 Å². The molecule has 0 saturated carbocycles. The van der Waals surface area contributed by atoms with E-state index >= 15 is 0 Å². The van der Waals surface area contributed by atoms with Crippen molar-refractivity contribution in [2.24, 2.45) is 0 Å². The van der Waals surface area contributed by atoms with Gasteiger partial charge in [0.1, 0.15) is 5.82 Å². The molecule has 4 nitrogen and oxygen atoms in total. The number of aromatic nitrogens is 2. The van der Waals surface area contributed by atoms with Gasteiger partial charge in [0, 0.05) is 11.3 Å². The van der Waals surface area contributed by atoms with E-state index in [0.29, 0.717) is 17.9 Å². The highest BCUT2D eigenvalue weighted by Crippen LogP contribution is 2.19. The molecule has 0 saturated heterocycles. The van der Waals surface area contributed by atoms with Crippen molar-refractivity contribution in [1.29, 1.82) is 0 Å². The van der Waals surface area contributed by atoms with E-state index in [0.717, 1.165) is 22.5 Å². The molecule has 2 aromatic carbocycles. The monoisotopic (exact) mass is 317 g/mol. The van der Waals surface area contributed by atoms with E-state index in [2.05, 4.69) is 27.4 Å². The predicted octanol–water partition coefficient (Wildman–Crippen LogP) is 3.69. The highest BCUT2D eigenvalue weighted by molar-refractivity contribution is 5.94. The Morgan fingerprint density at radius 1 is 0.917 bits per heavy atom. The van der Waals surface area contributed by atoms with Crippen molar-refractivity contribution in [2.75, 3.05) is 0 Å². The van der Waals surface area contributed by atoms with E-state index in [1.165, 1.54) is 0 Å². The average Bonchev–Trinajstić information content (AvgIpc) is 2.60. The maximum atomic E-state index is 12.3. The predicted molar refractivity (Wildman–Crippen MR) is 94.6 cm³/mol. The molecule has 120 valence electrons. The van der Waals surface area contributed by atoms with Gasteiger partial charge in [-0.2, -0.15) is 0 Å². The Balaban J connectivity index is 1.67. The Morgan fingerprint density at radius 3 is 2.25 bits per heavy atom. The highest BCUT2D eigenvalue weighted by Gasteiger charge is 2.07. The average molecular weight is 317 g/mol. The van der Waals surface area contributed by atoms with Crippen molar-refractivity contribution in [3.05, 3.63) is 83.4 Å². The number of benzene rings is 2. The lowest BCUT2D eigenvalue weighted by Crippen LogP contribution is -2.23. The summed E-state index contributed by atoms with van der Waals surface area (Å²) in [5, 5.41) is 2.90. The van der Waals surface area contributed by atoms with Gasteiger partial charge in [-0.15, -0.1) is 0 Å². The van der Waals surface area contributed by atoms with E-state index in [4.69, 9.17) is 0 Å². The molecule has 0 unspecified atom stereocenters. The fourth-order valence-corrected chi connectivity index (χ4v) is 2.60. The number of amides is 1. The van der Waals surface area contributed by atoms with Crippen molar-refractivity contribution in [3.63, 3.8) is 0 Å². The summed E-state index contributed by atoms with van der Waals surface area (Å²) < 4.78 is 0. The van der Waals surface area contributed by atoms with Crippen molar-refractivity contribution in [2.45, 2.75) is 20.4 Å². The zero-order chi connectivity index (χ0) is 16.9. The lowest BCUT2D eigenvalue weighted by molar-refractivity contribution is 0.0950. The molecule has 0 fully saturated rings. The molecule has 0 spiro atoms. The highest BCUT2D eigenvalue weighted by atomic mass is 16.1. The molecule has 0 radical (unpaired) electrons. The van der Waals surface area contributed by atoms with Crippen LogP contribution in [0.25, 0.3) is 11.1 Å². The van der Waals surface area contributed by atoms with Crippen molar-refractivity contribution in [1.82, 2.24) is 15.3 Å². The third-order valence-corrected chi connectivity index (χ3v) is 3.70. The van der Waals surface area contributed by atoms with Crippen LogP contribution < -0.4 is 5.32 Å². The molecule has 1 aromatic heterocycles. The SMILES string of the molecule is Cc1cc(CNC(=O)c2ccc(-c3ccccc3)cc2)nc(C)n1. The third kappa shape index (κ3) is 3.84. The van der Waals surface area contributed by atoms with Crippen LogP contribution in [-0.2, 0) is 6.54 Å². The van der Waals surface area contributed by atoms with Crippen LogP contribution in [0, 0.1) is 13.8 Å². The second kappa shape index (κ2) is 7.04. The number of nitrogens with one attached hydrogen (secondary N) is 1. The number of nitrogens with zero attached hydrogens (tertiary/aromatic N) is 2. The molecule has 0 aliphatic rings. The first-order valence-corrected chi connectivity index (χ1v) is 7.87. The summed E-state index contributed by atoms with van der Waals surface area (Å²) in [6.45, 7) is 4.16. The third-order valence-electron chi connectivity index (χ3n) is 3.70. The van der Waals surface area contributed by atoms with Crippen LogP contribution in [0.2, 0.25) is 0 Å². The van der Waals surface area contributed by atoms with Gasteiger partial charge in [0.05, 0.1) is 12.2 Å². The second-order valence-electron chi connectivity index (χ2n) is 5.67. The van der Waals surface area contributed by atoms with E-state index in [1.54, 1.807) is 0 Å². The molecule has 0 aliphatic heterocycles. The summed E-state index contributed by atoms with van der Waals surface area (Å²) in [4.78, 5) is 20.8. The van der Waals surface area contributed by atoms with E-state index in [9.17, 15) is 4.79 Å². The zero-order valence-electron chi connectivity index (χ0n) is 13.8. The number of hydrogen-bond acceptors (Lipinski definition) is 3. The number of carbonyl (C=O) groups excluding carboxylic acids is 1. The summed E-state index contributed by atoms with van der Waals surface area (Å²) in [5.74, 6) is 0.606. The molecular weight excluding hydrogens is 298 g/mol. The molecule has 4 heteroatoms. The fraction of sp³-hybridized carbons (Fsp3) is 0.150. The maximum absolute atomic E-state index is 12.3. The largest absolute Gasteiger partial charge is 0.346 e. The normalized spacial score (nSPS) is 10.4. The van der Waals surface area contributed by atoms with Gasteiger partial charge in [-0.05, 0) is 43.2 Å². The van der Waals surface area contributed by atoms with E-state index in [-0.39, 0.29) is 5.91 Å². The van der Waals surface area contributed by atoms with E-state index < -0.39 is 0 Å². The minimum absolute atomic E-state index is 0.108. The molecular formula is C20H19N3O. The van der Waals surface area contributed by atoms with Gasteiger partial charge < -0.3 is 5.32 Å². The van der Waals surface area contributed by atoms with Gasteiger partial charge in [0.2, 0.25) is 0 Å². The van der Waals surface area contributed by atoms with Gasteiger partial charge in [0.25, 0.3) is 5.91 Å². The number of rotatable bonds is 4. The Morgan fingerprint density at radius 2 is 1.58 bits per heavy atom. The van der Waals surface area contributed by atoms with Crippen LogP contribution in [-0.4, -0.2) is 15.9 Å². The van der Waals surface area contributed by atoms with Crippen LogP contribution in [0.4, 0.5) is 0 Å². The summed E-state index contributed by atoms with van der Waals surface area (Å²) in [6, 6.07) is 19.6. The van der Waals surface area contributed by atoms with Gasteiger partial charge in [-0.1, -0.05) is 42.5 Å². The Hall–Kier alpha value is -3.01. The molecule has 0 aliphatic carbocycles. The number of hydrogen-bond donors (Lipinski definition) is 1. The first-order chi connectivity index (χ1) is 11.6. The zero-order valence-corrected chi connectivity index (χ0v) is 13.8.